The van der Waals surface area contributed by atoms with E-state index in [0.717, 1.165) is 41.1 Å². The van der Waals surface area contributed by atoms with Crippen LogP contribution in [0, 0.1) is 0 Å². The Morgan fingerprint density at radius 1 is 1.00 bits per heavy atom. The maximum atomic E-state index is 13.3. The average molecular weight is 418 g/mol. The molecule has 0 unspecified atom stereocenters. The number of hydrogen-bond acceptors (Lipinski definition) is 4. The van der Waals surface area contributed by atoms with Crippen LogP contribution in [-0.2, 0) is 11.2 Å². The fourth-order valence-electron chi connectivity index (χ4n) is 5.31. The van der Waals surface area contributed by atoms with Crippen molar-refractivity contribution in [3.8, 4) is 11.5 Å². The van der Waals surface area contributed by atoms with Gasteiger partial charge in [0.25, 0.3) is 0 Å². The van der Waals surface area contributed by atoms with E-state index in [1.807, 2.05) is 18.2 Å². The molecule has 1 amide bonds. The third kappa shape index (κ3) is 3.35. The van der Waals surface area contributed by atoms with Crippen molar-refractivity contribution in [1.82, 2.24) is 15.6 Å². The predicted octanol–water partition coefficient (Wildman–Crippen LogP) is 3.95. The second-order valence-corrected chi connectivity index (χ2v) is 8.88. The van der Waals surface area contributed by atoms with Crippen molar-refractivity contribution >= 4 is 16.8 Å². The third-order valence-corrected chi connectivity index (χ3v) is 6.91. The molecule has 1 aliphatic carbocycles. The van der Waals surface area contributed by atoms with Gasteiger partial charge in [-0.15, -0.1) is 0 Å². The van der Waals surface area contributed by atoms with Crippen LogP contribution < -0.4 is 20.1 Å². The van der Waals surface area contributed by atoms with Gasteiger partial charge in [0.05, 0.1) is 12.1 Å². The molecule has 1 aromatic heterocycles. The molecule has 0 radical (unpaired) electrons. The minimum absolute atomic E-state index is 0.105. The van der Waals surface area contributed by atoms with Crippen LogP contribution in [0.1, 0.15) is 55.0 Å². The standard InChI is InChI=1S/C25H27N3O3/c29-25(26-16-6-2-1-3-7-16)20-13-18-17-8-4-5-9-19(17)27-24(18)23(28-20)15-10-11-21-22(12-15)31-14-30-21/h4-5,8-12,16,20,23,27-28H,1-3,6-7,13-14H2,(H,26,29)/t20-,23+/m0/s1. The Bertz CT molecular complexity index is 1130. The molecule has 0 saturated heterocycles. The van der Waals surface area contributed by atoms with E-state index in [-0.39, 0.29) is 24.8 Å². The molecular formula is C25H27N3O3. The number of carbonyl (C=O) groups excluding carboxylic acids is 1. The Hall–Kier alpha value is -2.99. The zero-order valence-electron chi connectivity index (χ0n) is 17.4. The van der Waals surface area contributed by atoms with Crippen molar-refractivity contribution in [3.63, 3.8) is 0 Å². The first-order valence-corrected chi connectivity index (χ1v) is 11.3. The van der Waals surface area contributed by atoms with E-state index in [1.54, 1.807) is 0 Å². The number of benzene rings is 2. The highest BCUT2D eigenvalue weighted by molar-refractivity contribution is 5.88. The first-order valence-electron chi connectivity index (χ1n) is 11.3. The Morgan fingerprint density at radius 3 is 2.74 bits per heavy atom. The molecule has 31 heavy (non-hydrogen) atoms. The minimum Gasteiger partial charge on any atom is -0.454 e. The van der Waals surface area contributed by atoms with Gasteiger partial charge in [-0.25, -0.2) is 0 Å². The van der Waals surface area contributed by atoms with E-state index in [4.69, 9.17) is 9.47 Å². The lowest BCUT2D eigenvalue weighted by molar-refractivity contribution is -0.124. The highest BCUT2D eigenvalue weighted by Crippen LogP contribution is 2.39. The summed E-state index contributed by atoms with van der Waals surface area (Å²) in [6, 6.07) is 14.3. The van der Waals surface area contributed by atoms with E-state index in [2.05, 4.69) is 39.9 Å². The van der Waals surface area contributed by atoms with Gasteiger partial charge in [-0.3, -0.25) is 10.1 Å². The summed E-state index contributed by atoms with van der Waals surface area (Å²) in [5.41, 5.74) is 4.52. The molecular weight excluding hydrogens is 390 g/mol. The Morgan fingerprint density at radius 2 is 1.84 bits per heavy atom. The number of aromatic amines is 1. The molecule has 3 heterocycles. The normalized spacial score (nSPS) is 23.0. The van der Waals surface area contributed by atoms with Crippen LogP contribution in [0.5, 0.6) is 11.5 Å². The van der Waals surface area contributed by atoms with Crippen LogP contribution in [0.3, 0.4) is 0 Å². The first kappa shape index (κ1) is 18.8. The number of amides is 1. The quantitative estimate of drug-likeness (QED) is 0.603. The summed E-state index contributed by atoms with van der Waals surface area (Å²) in [6.07, 6.45) is 6.54. The van der Waals surface area contributed by atoms with Gasteiger partial charge in [0, 0.05) is 22.6 Å². The van der Waals surface area contributed by atoms with Gasteiger partial charge in [-0.05, 0) is 48.6 Å². The van der Waals surface area contributed by atoms with E-state index < -0.39 is 0 Å². The van der Waals surface area contributed by atoms with Crippen LogP contribution in [0.15, 0.2) is 42.5 Å². The van der Waals surface area contributed by atoms with Crippen LogP contribution >= 0.6 is 0 Å². The third-order valence-electron chi connectivity index (χ3n) is 6.91. The topological polar surface area (TPSA) is 75.4 Å². The number of carbonyl (C=O) groups is 1. The van der Waals surface area contributed by atoms with Crippen molar-refractivity contribution in [2.24, 2.45) is 0 Å². The highest BCUT2D eigenvalue weighted by atomic mass is 16.7. The summed E-state index contributed by atoms with van der Waals surface area (Å²) in [5.74, 6) is 1.63. The second-order valence-electron chi connectivity index (χ2n) is 8.88. The molecule has 160 valence electrons. The molecule has 3 aromatic rings. The number of ether oxygens (including phenoxy) is 2. The lowest BCUT2D eigenvalue weighted by Gasteiger charge is -2.33. The van der Waals surface area contributed by atoms with Gasteiger partial charge in [-0.1, -0.05) is 43.5 Å². The predicted molar refractivity (Wildman–Crippen MR) is 118 cm³/mol. The average Bonchev–Trinajstić information content (AvgIpc) is 3.43. The summed E-state index contributed by atoms with van der Waals surface area (Å²) < 4.78 is 11.1. The minimum atomic E-state index is -0.274. The molecule has 3 aliphatic rings. The SMILES string of the molecule is O=C(NC1CCCCC1)[C@@H]1Cc2c([nH]c3ccccc23)[C@@H](c2ccc3c(c2)OCO3)N1. The molecule has 6 heteroatoms. The molecule has 6 nitrogen and oxygen atoms in total. The maximum absolute atomic E-state index is 13.3. The molecule has 3 N–H and O–H groups in total. The van der Waals surface area contributed by atoms with Gasteiger partial charge >= 0.3 is 0 Å². The Balaban J connectivity index is 1.36. The van der Waals surface area contributed by atoms with Crippen molar-refractivity contribution in [2.75, 3.05) is 6.79 Å². The van der Waals surface area contributed by atoms with Crippen molar-refractivity contribution in [2.45, 2.75) is 56.7 Å². The van der Waals surface area contributed by atoms with Gasteiger partial charge in [0.2, 0.25) is 12.7 Å². The Kier molecular flexibility index (Phi) is 4.60. The fourth-order valence-corrected chi connectivity index (χ4v) is 5.31. The van der Waals surface area contributed by atoms with E-state index in [1.165, 1.54) is 30.2 Å². The number of nitrogens with one attached hydrogen (secondary N) is 3. The van der Waals surface area contributed by atoms with E-state index >= 15 is 0 Å². The van der Waals surface area contributed by atoms with E-state index in [0.29, 0.717) is 12.5 Å². The van der Waals surface area contributed by atoms with Crippen LogP contribution in [0.2, 0.25) is 0 Å². The number of fused-ring (bicyclic) bond motifs is 4. The van der Waals surface area contributed by atoms with Gasteiger partial charge < -0.3 is 19.8 Å². The summed E-state index contributed by atoms with van der Waals surface area (Å²) >= 11 is 0. The summed E-state index contributed by atoms with van der Waals surface area (Å²) in [7, 11) is 0. The van der Waals surface area contributed by atoms with Crippen molar-refractivity contribution in [1.29, 1.82) is 0 Å². The number of para-hydroxylation sites is 1. The van der Waals surface area contributed by atoms with Crippen LogP contribution in [0.4, 0.5) is 0 Å². The zero-order valence-corrected chi connectivity index (χ0v) is 17.4. The molecule has 2 aliphatic heterocycles. The maximum Gasteiger partial charge on any atom is 0.237 e. The lowest BCUT2D eigenvalue weighted by atomic mass is 9.89. The van der Waals surface area contributed by atoms with E-state index in [9.17, 15) is 4.79 Å². The Labute approximate surface area is 181 Å². The lowest BCUT2D eigenvalue weighted by Crippen LogP contribution is -2.52. The number of hydrogen-bond donors (Lipinski definition) is 3. The summed E-state index contributed by atoms with van der Waals surface area (Å²) in [5, 5.41) is 8.14. The van der Waals surface area contributed by atoms with Gasteiger partial charge in [0.15, 0.2) is 11.5 Å². The molecule has 1 fully saturated rings. The van der Waals surface area contributed by atoms with Gasteiger partial charge in [0.1, 0.15) is 0 Å². The fraction of sp³-hybridized carbons (Fsp3) is 0.400. The monoisotopic (exact) mass is 417 g/mol. The zero-order chi connectivity index (χ0) is 20.8. The van der Waals surface area contributed by atoms with Crippen molar-refractivity contribution < 1.29 is 14.3 Å². The highest BCUT2D eigenvalue weighted by Gasteiger charge is 2.35. The second kappa shape index (κ2) is 7.61. The molecule has 2 atom stereocenters. The van der Waals surface area contributed by atoms with Crippen LogP contribution in [0.25, 0.3) is 10.9 Å². The molecule has 0 spiro atoms. The van der Waals surface area contributed by atoms with Gasteiger partial charge in [-0.2, -0.15) is 0 Å². The van der Waals surface area contributed by atoms with Crippen LogP contribution in [-0.4, -0.2) is 29.8 Å². The molecule has 1 saturated carbocycles. The molecule has 2 aromatic carbocycles. The number of H-pyrrole nitrogens is 1. The summed E-state index contributed by atoms with van der Waals surface area (Å²) in [4.78, 5) is 16.9. The largest absolute Gasteiger partial charge is 0.454 e. The number of aromatic nitrogens is 1. The molecule has 0 bridgehead atoms. The van der Waals surface area contributed by atoms with Crippen molar-refractivity contribution in [3.05, 3.63) is 59.3 Å². The molecule has 6 rings (SSSR count). The smallest absolute Gasteiger partial charge is 0.237 e. The number of rotatable bonds is 3. The first-order chi connectivity index (χ1) is 15.3. The summed E-state index contributed by atoms with van der Waals surface area (Å²) in [6.45, 7) is 0.251.